The number of imide groups is 1. The normalized spacial score (nSPS) is 29.1. The van der Waals surface area contributed by atoms with E-state index in [0.717, 1.165) is 32.1 Å². The molecule has 0 radical (unpaired) electrons. The van der Waals surface area contributed by atoms with E-state index in [0.29, 0.717) is 5.56 Å². The van der Waals surface area contributed by atoms with Crippen molar-refractivity contribution in [2.45, 2.75) is 57.3 Å². The number of fused-ring (bicyclic) bond motifs is 1. The summed E-state index contributed by atoms with van der Waals surface area (Å²) in [6.45, 7) is 3.50. The molecule has 4 rings (SSSR count). The zero-order valence-electron chi connectivity index (χ0n) is 17.8. The van der Waals surface area contributed by atoms with Gasteiger partial charge in [-0.3, -0.25) is 24.0 Å². The second kappa shape index (κ2) is 8.57. The maximum atomic E-state index is 14.2. The van der Waals surface area contributed by atoms with E-state index >= 15 is 0 Å². The van der Waals surface area contributed by atoms with Gasteiger partial charge in [-0.1, -0.05) is 31.4 Å². The first-order chi connectivity index (χ1) is 14.9. The van der Waals surface area contributed by atoms with E-state index in [9.17, 15) is 18.5 Å². The molecule has 2 aliphatic heterocycles. The average Bonchev–Trinajstić information content (AvgIpc) is 3.28. The predicted molar refractivity (Wildman–Crippen MR) is 113 cm³/mol. The minimum Gasteiger partial charge on any atom is -0.307 e. The van der Waals surface area contributed by atoms with Crippen LogP contribution in [0.1, 0.15) is 51.5 Å². The lowest BCUT2D eigenvalue weighted by molar-refractivity contribution is -0.143. The fourth-order valence-corrected chi connectivity index (χ4v) is 7.62. The molecule has 2 fully saturated rings. The molecule has 0 aromatic heterocycles. The molecular weight excluding hydrogens is 422 g/mol. The quantitative estimate of drug-likeness (QED) is 0.458. The zero-order chi connectivity index (χ0) is 22.2. The Kier molecular flexibility index (Phi) is 6.16. The molecule has 0 N–H and O–H groups in total. The number of nitrogens with zero attached hydrogens (tertiary/aromatic N) is 2. The van der Waals surface area contributed by atoms with Gasteiger partial charge in [0.2, 0.25) is 11.8 Å². The van der Waals surface area contributed by atoms with E-state index in [-0.39, 0.29) is 25.2 Å². The summed E-state index contributed by atoms with van der Waals surface area (Å²) in [6.07, 6.45) is 5.97. The molecule has 7 nitrogen and oxygen atoms in total. The van der Waals surface area contributed by atoms with Crippen molar-refractivity contribution in [3.63, 3.8) is 0 Å². The van der Waals surface area contributed by atoms with Crippen molar-refractivity contribution in [3.8, 4) is 0 Å². The fourth-order valence-electron chi connectivity index (χ4n) is 5.18. The first-order valence-corrected chi connectivity index (χ1v) is 12.5. The number of hydrogen-bond acceptors (Lipinski definition) is 6. The Bertz CT molecular complexity index is 920. The first-order valence-electron chi connectivity index (χ1n) is 11.0. The Morgan fingerprint density at radius 3 is 2.26 bits per heavy atom. The van der Waals surface area contributed by atoms with Crippen molar-refractivity contribution in [3.05, 3.63) is 35.6 Å². The zero-order valence-corrected chi connectivity index (χ0v) is 18.7. The molecule has 31 heavy (non-hydrogen) atoms. The molecule has 9 heteroatoms. The summed E-state index contributed by atoms with van der Waals surface area (Å²) in [5.74, 6) is -3.07. The Labute approximate surface area is 181 Å². The number of rotatable bonds is 7. The van der Waals surface area contributed by atoms with E-state index in [1.54, 1.807) is 13.8 Å². The van der Waals surface area contributed by atoms with Crippen molar-refractivity contribution in [2.24, 2.45) is 16.8 Å². The Hall–Kier alpha value is -1.89. The number of aliphatic imine (C=N–C) groups is 1. The third kappa shape index (κ3) is 3.40. The number of benzene rings is 1. The molecule has 2 heterocycles. The highest BCUT2D eigenvalue weighted by molar-refractivity contribution is 7.55. The summed E-state index contributed by atoms with van der Waals surface area (Å²) < 4.78 is 39.2. The van der Waals surface area contributed by atoms with Gasteiger partial charge in [-0.05, 0) is 44.4 Å². The van der Waals surface area contributed by atoms with Crippen LogP contribution in [0, 0.1) is 17.7 Å². The first kappa shape index (κ1) is 22.3. The molecule has 1 aromatic rings. The van der Waals surface area contributed by atoms with Crippen molar-refractivity contribution in [1.82, 2.24) is 4.90 Å². The predicted octanol–water partition coefficient (Wildman–Crippen LogP) is 4.26. The van der Waals surface area contributed by atoms with Crippen LogP contribution in [0.2, 0.25) is 0 Å². The van der Waals surface area contributed by atoms with Crippen molar-refractivity contribution < 1.29 is 27.6 Å². The van der Waals surface area contributed by atoms with Gasteiger partial charge in [0.05, 0.1) is 25.0 Å². The molecule has 1 aromatic carbocycles. The summed E-state index contributed by atoms with van der Waals surface area (Å²) in [5, 5.41) is -1.73. The Morgan fingerprint density at radius 1 is 1.06 bits per heavy atom. The van der Waals surface area contributed by atoms with Crippen LogP contribution in [0.4, 0.5) is 4.39 Å². The highest BCUT2D eigenvalue weighted by atomic mass is 31.2. The number of carbonyl (C=O) groups excluding carboxylic acids is 2. The lowest BCUT2D eigenvalue weighted by atomic mass is 9.87. The maximum absolute atomic E-state index is 14.2. The van der Waals surface area contributed by atoms with E-state index in [2.05, 4.69) is 4.99 Å². The maximum Gasteiger partial charge on any atom is 0.363 e. The number of amides is 2. The van der Waals surface area contributed by atoms with E-state index < -0.39 is 36.4 Å². The van der Waals surface area contributed by atoms with Gasteiger partial charge < -0.3 is 9.05 Å². The van der Waals surface area contributed by atoms with Crippen molar-refractivity contribution >= 4 is 25.6 Å². The summed E-state index contributed by atoms with van der Waals surface area (Å²) >= 11 is 0. The van der Waals surface area contributed by atoms with E-state index in [1.807, 2.05) is 0 Å². The molecule has 3 unspecified atom stereocenters. The molecule has 3 atom stereocenters. The van der Waals surface area contributed by atoms with E-state index in [1.165, 1.54) is 35.4 Å². The summed E-state index contributed by atoms with van der Waals surface area (Å²) in [4.78, 5) is 32.9. The van der Waals surface area contributed by atoms with Crippen LogP contribution in [-0.4, -0.2) is 42.2 Å². The van der Waals surface area contributed by atoms with Crippen LogP contribution in [0.3, 0.4) is 0 Å². The smallest absolute Gasteiger partial charge is 0.307 e. The van der Waals surface area contributed by atoms with Gasteiger partial charge >= 0.3 is 7.60 Å². The number of hydrogen-bond donors (Lipinski definition) is 0. The van der Waals surface area contributed by atoms with E-state index in [4.69, 9.17) is 9.05 Å². The Balaban J connectivity index is 1.85. The largest absolute Gasteiger partial charge is 0.363 e. The van der Waals surface area contributed by atoms with Gasteiger partial charge in [0.15, 0.2) is 5.28 Å². The summed E-state index contributed by atoms with van der Waals surface area (Å²) in [6, 6.07) is 5.18. The topological polar surface area (TPSA) is 85.3 Å². The van der Waals surface area contributed by atoms with Gasteiger partial charge in [-0.25, -0.2) is 4.39 Å². The van der Waals surface area contributed by atoms with Gasteiger partial charge in [0.1, 0.15) is 5.82 Å². The summed E-state index contributed by atoms with van der Waals surface area (Å²) in [5.41, 5.74) is 0.342. The van der Waals surface area contributed by atoms with Crippen molar-refractivity contribution in [1.29, 1.82) is 0 Å². The molecule has 3 aliphatic rings. The second-order valence-electron chi connectivity index (χ2n) is 8.19. The molecule has 1 saturated carbocycles. The highest BCUT2D eigenvalue weighted by Crippen LogP contribution is 2.72. The molecular formula is C22H28FN2O5P. The molecule has 168 valence electrons. The molecule has 2 amide bonds. The number of halogens is 1. The lowest BCUT2D eigenvalue weighted by Gasteiger charge is -2.38. The monoisotopic (exact) mass is 450 g/mol. The molecule has 1 aliphatic carbocycles. The van der Waals surface area contributed by atoms with Crippen molar-refractivity contribution in [2.75, 3.05) is 13.2 Å². The Morgan fingerprint density at radius 2 is 1.68 bits per heavy atom. The van der Waals surface area contributed by atoms with Crippen LogP contribution in [0.15, 0.2) is 29.3 Å². The van der Waals surface area contributed by atoms with Gasteiger partial charge in [0.25, 0.3) is 0 Å². The van der Waals surface area contributed by atoms with Gasteiger partial charge in [0, 0.05) is 12.3 Å². The van der Waals surface area contributed by atoms with Gasteiger partial charge in [-0.2, -0.15) is 0 Å². The third-order valence-corrected chi connectivity index (χ3v) is 9.16. The van der Waals surface area contributed by atoms with Crippen LogP contribution in [0.5, 0.6) is 0 Å². The minimum atomic E-state index is -4.06. The molecule has 0 spiro atoms. The third-order valence-electron chi connectivity index (χ3n) is 6.48. The van der Waals surface area contributed by atoms with Crippen LogP contribution in [0.25, 0.3) is 0 Å². The van der Waals surface area contributed by atoms with Crippen LogP contribution < -0.4 is 0 Å². The standard InChI is InChI=1S/C22H28FN2O5P/c1-3-29-31(28,30-4-2)22(15-10-12-16(23)13-11-15)19-18(14-24-22)20(26)25(21(19)27)17-8-6-5-7-9-17/h10-14,17-19H,3-9H2,1-2H3. The molecule has 0 bridgehead atoms. The SMILES string of the molecule is CCOP(=O)(OCC)C1(c2ccc(F)cc2)N=CC2C(=O)N(C3CCCCC3)C(=O)C21. The van der Waals surface area contributed by atoms with Gasteiger partial charge in [-0.15, -0.1) is 0 Å². The van der Waals surface area contributed by atoms with Crippen LogP contribution in [-0.2, 0) is 28.5 Å². The second-order valence-corrected chi connectivity index (χ2v) is 10.4. The fraction of sp³-hybridized carbons (Fsp3) is 0.591. The minimum absolute atomic E-state index is 0.0710. The molecule has 1 saturated heterocycles. The number of likely N-dealkylation sites (tertiary alicyclic amines) is 1. The lowest BCUT2D eigenvalue weighted by Crippen LogP contribution is -2.44. The number of carbonyl (C=O) groups is 2. The average molecular weight is 450 g/mol. The van der Waals surface area contributed by atoms with Crippen LogP contribution >= 0.6 is 7.60 Å². The summed E-state index contributed by atoms with van der Waals surface area (Å²) in [7, 11) is -4.06. The highest BCUT2D eigenvalue weighted by Gasteiger charge is 2.70.